The molecule has 0 aliphatic rings. The molecule has 1 unspecified atom stereocenters. The Bertz CT molecular complexity index is 910. The van der Waals surface area contributed by atoms with Gasteiger partial charge in [0, 0.05) is 18.7 Å². The molecule has 7 nitrogen and oxygen atoms in total. The molecule has 0 aromatic heterocycles. The normalized spacial score (nSPS) is 11.9. The fraction of sp³-hybridized carbons (Fsp3) is 0.250. The topological polar surface area (TPSA) is 92.9 Å². The van der Waals surface area contributed by atoms with Gasteiger partial charge in [-0.3, -0.25) is 10.1 Å². The number of hydrogen-bond acceptors (Lipinski definition) is 5. The molecule has 150 valence electrons. The molecule has 28 heavy (non-hydrogen) atoms. The first-order chi connectivity index (χ1) is 13.0. The highest BCUT2D eigenvalue weighted by Gasteiger charge is 2.31. The van der Waals surface area contributed by atoms with Crippen molar-refractivity contribution in [3.05, 3.63) is 57.1 Å². The summed E-state index contributed by atoms with van der Waals surface area (Å²) in [5.74, 6) is -0.0142. The summed E-state index contributed by atoms with van der Waals surface area (Å²) in [6.07, 6.45) is -4.90. The van der Waals surface area contributed by atoms with Crippen molar-refractivity contribution in [3.63, 3.8) is 0 Å². The van der Waals surface area contributed by atoms with Crippen LogP contribution >= 0.6 is 19.6 Å². The molecule has 0 spiro atoms. The molecule has 0 fully saturated rings. The quantitative estimate of drug-likeness (QED) is 0.345. The maximum Gasteiger partial charge on any atom is 0.527 e. The molecule has 2 rings (SSSR count). The third-order valence-electron chi connectivity index (χ3n) is 3.64. The Morgan fingerprint density at radius 2 is 1.96 bits per heavy atom. The molecule has 0 bridgehead atoms. The van der Waals surface area contributed by atoms with Gasteiger partial charge in [0.25, 0.3) is 12.0 Å². The molecule has 12 heteroatoms. The standard InChI is InChI=1S/C16H13ClF3N2O5P/c1-2-21(9-28(25)26)14-8-11(4-5-13(14)22(23)24)27-15-6-3-10(7-12(15)17)16(18,19)20/h3-8H,2,9H2,1H3/p+1. The molecule has 1 atom stereocenters. The Hall–Kier alpha value is -2.42. The molecule has 0 amide bonds. The number of hydrogen-bond donors (Lipinski definition) is 1. The van der Waals surface area contributed by atoms with Crippen molar-refractivity contribution >= 4 is 31.0 Å². The van der Waals surface area contributed by atoms with E-state index in [0.717, 1.165) is 18.2 Å². The van der Waals surface area contributed by atoms with Crippen LogP contribution in [0, 0.1) is 10.1 Å². The summed E-state index contributed by atoms with van der Waals surface area (Å²) in [5.41, 5.74) is -1.23. The van der Waals surface area contributed by atoms with Crippen molar-refractivity contribution in [2.45, 2.75) is 13.1 Å². The van der Waals surface area contributed by atoms with Crippen LogP contribution in [-0.2, 0) is 10.7 Å². The number of nitro benzene ring substituents is 1. The minimum Gasteiger partial charge on any atom is -0.456 e. The number of nitro groups is 1. The molecular weight excluding hydrogens is 424 g/mol. The number of halogens is 4. The highest BCUT2D eigenvalue weighted by atomic mass is 35.5. The second-order valence-corrected chi connectivity index (χ2v) is 6.90. The predicted octanol–water partition coefficient (Wildman–Crippen LogP) is 5.58. The summed E-state index contributed by atoms with van der Waals surface area (Å²) in [4.78, 5) is 21.1. The van der Waals surface area contributed by atoms with Crippen LogP contribution in [0.2, 0.25) is 5.02 Å². The molecule has 1 N–H and O–H groups in total. The number of benzene rings is 2. The lowest BCUT2D eigenvalue weighted by Gasteiger charge is -2.18. The van der Waals surface area contributed by atoms with E-state index in [4.69, 9.17) is 21.2 Å². The van der Waals surface area contributed by atoms with Crippen LogP contribution in [0.1, 0.15) is 12.5 Å². The average Bonchev–Trinajstić information content (AvgIpc) is 2.60. The van der Waals surface area contributed by atoms with Crippen LogP contribution in [0.5, 0.6) is 11.5 Å². The number of nitrogens with zero attached hydrogens (tertiary/aromatic N) is 2. The van der Waals surface area contributed by atoms with Crippen LogP contribution < -0.4 is 9.64 Å². The smallest absolute Gasteiger partial charge is 0.456 e. The number of alkyl halides is 3. The highest BCUT2D eigenvalue weighted by Crippen LogP contribution is 2.39. The van der Waals surface area contributed by atoms with Gasteiger partial charge < -0.3 is 9.64 Å². The predicted molar refractivity (Wildman–Crippen MR) is 97.3 cm³/mol. The lowest BCUT2D eigenvalue weighted by Crippen LogP contribution is -2.22. The van der Waals surface area contributed by atoms with Gasteiger partial charge in [-0.05, 0) is 35.8 Å². The first-order valence-electron chi connectivity index (χ1n) is 7.74. The Kier molecular flexibility index (Phi) is 6.82. The molecule has 2 aromatic carbocycles. The Morgan fingerprint density at radius 3 is 2.46 bits per heavy atom. The van der Waals surface area contributed by atoms with E-state index >= 15 is 0 Å². The van der Waals surface area contributed by atoms with Crippen LogP contribution in [0.4, 0.5) is 24.5 Å². The van der Waals surface area contributed by atoms with Gasteiger partial charge in [0.1, 0.15) is 17.2 Å². The molecular formula is C16H14ClF3N2O5P+. The fourth-order valence-corrected chi connectivity index (χ4v) is 3.22. The monoisotopic (exact) mass is 437 g/mol. The van der Waals surface area contributed by atoms with Gasteiger partial charge in [-0.25, -0.2) is 0 Å². The first kappa shape index (κ1) is 21.9. The van der Waals surface area contributed by atoms with Gasteiger partial charge >= 0.3 is 14.2 Å². The second-order valence-electron chi connectivity index (χ2n) is 5.50. The van der Waals surface area contributed by atoms with E-state index < -0.39 is 24.7 Å². The zero-order valence-corrected chi connectivity index (χ0v) is 16.0. The molecule has 0 aliphatic carbocycles. The van der Waals surface area contributed by atoms with Crippen LogP contribution in [-0.4, -0.2) is 22.6 Å². The number of ether oxygens (including phenoxy) is 1. The minimum atomic E-state index is -4.56. The summed E-state index contributed by atoms with van der Waals surface area (Å²) in [6, 6.07) is 6.18. The van der Waals surface area contributed by atoms with Gasteiger partial charge in [0.05, 0.1) is 15.5 Å². The van der Waals surface area contributed by atoms with Gasteiger partial charge in [-0.15, -0.1) is 0 Å². The van der Waals surface area contributed by atoms with E-state index in [9.17, 15) is 27.9 Å². The van der Waals surface area contributed by atoms with Gasteiger partial charge in [0.2, 0.25) is 0 Å². The summed E-state index contributed by atoms with van der Waals surface area (Å²) in [6.45, 7) is 1.84. The van der Waals surface area contributed by atoms with E-state index in [2.05, 4.69) is 0 Å². The maximum atomic E-state index is 12.7. The third-order valence-corrected chi connectivity index (χ3v) is 4.52. The molecule has 0 aliphatic heterocycles. The molecule has 2 aromatic rings. The largest absolute Gasteiger partial charge is 0.527 e. The van der Waals surface area contributed by atoms with Crippen molar-refractivity contribution in [3.8, 4) is 11.5 Å². The highest BCUT2D eigenvalue weighted by molar-refractivity contribution is 7.38. The van der Waals surface area contributed by atoms with Crippen LogP contribution in [0.25, 0.3) is 0 Å². The number of anilines is 1. The van der Waals surface area contributed by atoms with Crippen molar-refractivity contribution in [2.24, 2.45) is 0 Å². The Balaban J connectivity index is 2.41. The van der Waals surface area contributed by atoms with E-state index in [-0.39, 0.29) is 40.7 Å². The fourth-order valence-electron chi connectivity index (χ4n) is 2.35. The second kappa shape index (κ2) is 8.72. The third kappa shape index (κ3) is 5.31. The summed E-state index contributed by atoms with van der Waals surface area (Å²) >= 11 is 5.85. The molecule has 0 saturated heterocycles. The summed E-state index contributed by atoms with van der Waals surface area (Å²) in [7, 11) is -2.59. The Labute approximate surface area is 163 Å². The lowest BCUT2D eigenvalue weighted by molar-refractivity contribution is -0.384. The SMILES string of the molecule is CCN(C[P+](=O)O)c1cc(Oc2ccc(C(F)(F)F)cc2Cl)ccc1[N+](=O)[O-]. The summed E-state index contributed by atoms with van der Waals surface area (Å²) in [5, 5.41) is 11.0. The lowest BCUT2D eigenvalue weighted by atomic mass is 10.2. The van der Waals surface area contributed by atoms with Gasteiger partial charge in [-0.2, -0.15) is 18.1 Å². The van der Waals surface area contributed by atoms with Gasteiger partial charge in [-0.1, -0.05) is 11.6 Å². The van der Waals surface area contributed by atoms with Crippen molar-refractivity contribution in [1.82, 2.24) is 0 Å². The number of rotatable bonds is 7. The zero-order valence-electron chi connectivity index (χ0n) is 14.3. The molecule has 0 radical (unpaired) electrons. The van der Waals surface area contributed by atoms with Crippen molar-refractivity contribution in [2.75, 3.05) is 17.7 Å². The zero-order chi connectivity index (χ0) is 21.1. The average molecular weight is 438 g/mol. The van der Waals surface area contributed by atoms with E-state index in [1.165, 1.54) is 17.0 Å². The molecule has 0 heterocycles. The van der Waals surface area contributed by atoms with Crippen molar-refractivity contribution < 1.29 is 32.3 Å². The van der Waals surface area contributed by atoms with Crippen molar-refractivity contribution in [1.29, 1.82) is 0 Å². The Morgan fingerprint density at radius 1 is 1.29 bits per heavy atom. The maximum absolute atomic E-state index is 12.7. The van der Waals surface area contributed by atoms with E-state index in [1.807, 2.05) is 0 Å². The van der Waals surface area contributed by atoms with Crippen LogP contribution in [0.3, 0.4) is 0 Å². The molecule has 0 saturated carbocycles. The first-order valence-corrected chi connectivity index (χ1v) is 9.52. The van der Waals surface area contributed by atoms with Crippen LogP contribution in [0.15, 0.2) is 36.4 Å². The minimum absolute atomic E-state index is 0.0328. The van der Waals surface area contributed by atoms with E-state index in [1.54, 1.807) is 6.92 Å². The van der Waals surface area contributed by atoms with Gasteiger partial charge in [0.15, 0.2) is 0 Å². The van der Waals surface area contributed by atoms with E-state index in [0.29, 0.717) is 6.07 Å². The summed E-state index contributed by atoms with van der Waals surface area (Å²) < 4.78 is 54.8.